The SMILES string of the molecule is O=C(Cc1ccc(Oc2ccc(OC3CCC(NC(=O)c4ccc(Cl)nc4)CC3)cc2)nc1)Nc1ccccc1C(=O)O. The Morgan fingerprint density at radius 3 is 2.28 bits per heavy atom. The molecule has 3 N–H and O–H groups in total. The van der Waals surface area contributed by atoms with Gasteiger partial charge in [0.2, 0.25) is 11.8 Å². The van der Waals surface area contributed by atoms with Gasteiger partial charge < -0.3 is 25.2 Å². The standard InChI is InChI=1S/C32H29ClN4O6/c33-28-15-6-21(19-34-28)31(39)36-22-7-9-23(10-8-22)42-24-11-13-25(14-12-24)43-30-16-5-20(18-35-30)17-29(38)37-27-4-2-1-3-26(27)32(40)41/h1-6,11-16,18-19,22-23H,7-10,17H2,(H,36,39)(H,37,38)(H,40,41). The van der Waals surface area contributed by atoms with Gasteiger partial charge >= 0.3 is 5.97 Å². The Morgan fingerprint density at radius 1 is 0.860 bits per heavy atom. The molecular weight excluding hydrogens is 572 g/mol. The zero-order chi connectivity index (χ0) is 30.2. The van der Waals surface area contributed by atoms with Crippen LogP contribution >= 0.6 is 11.6 Å². The number of amides is 2. The maximum atomic E-state index is 12.4. The first-order chi connectivity index (χ1) is 20.8. The van der Waals surface area contributed by atoms with Crippen LogP contribution in [0.5, 0.6) is 17.4 Å². The van der Waals surface area contributed by atoms with Gasteiger partial charge in [-0.2, -0.15) is 0 Å². The third-order valence-electron chi connectivity index (χ3n) is 6.94. The number of rotatable bonds is 10. The van der Waals surface area contributed by atoms with E-state index in [4.69, 9.17) is 21.1 Å². The van der Waals surface area contributed by atoms with Gasteiger partial charge in [-0.1, -0.05) is 29.8 Å². The number of aromatic carboxylic acids is 1. The van der Waals surface area contributed by atoms with E-state index in [9.17, 15) is 19.5 Å². The molecule has 0 unspecified atom stereocenters. The summed E-state index contributed by atoms with van der Waals surface area (Å²) in [6.45, 7) is 0. The molecule has 11 heteroatoms. The highest BCUT2D eigenvalue weighted by Crippen LogP contribution is 2.27. The van der Waals surface area contributed by atoms with Crippen molar-refractivity contribution in [2.45, 2.75) is 44.2 Å². The van der Waals surface area contributed by atoms with E-state index in [1.807, 2.05) is 12.1 Å². The fourth-order valence-electron chi connectivity index (χ4n) is 4.74. The summed E-state index contributed by atoms with van der Waals surface area (Å²) < 4.78 is 12.0. The second kappa shape index (κ2) is 13.8. The number of hydrogen-bond acceptors (Lipinski definition) is 7. The summed E-state index contributed by atoms with van der Waals surface area (Å²) in [5, 5.41) is 15.3. The summed E-state index contributed by atoms with van der Waals surface area (Å²) in [5.41, 5.74) is 1.40. The number of carbonyl (C=O) groups excluding carboxylic acids is 2. The minimum Gasteiger partial charge on any atom is -0.490 e. The van der Waals surface area contributed by atoms with Gasteiger partial charge in [0.1, 0.15) is 16.7 Å². The minimum atomic E-state index is -1.11. The van der Waals surface area contributed by atoms with Crippen LogP contribution in [0.2, 0.25) is 5.15 Å². The van der Waals surface area contributed by atoms with E-state index in [2.05, 4.69) is 20.6 Å². The van der Waals surface area contributed by atoms with Gasteiger partial charge in [-0.3, -0.25) is 9.59 Å². The maximum absolute atomic E-state index is 12.4. The van der Waals surface area contributed by atoms with E-state index in [0.29, 0.717) is 27.9 Å². The third-order valence-corrected chi connectivity index (χ3v) is 7.17. The van der Waals surface area contributed by atoms with Crippen LogP contribution in [0.15, 0.2) is 85.2 Å². The predicted octanol–water partition coefficient (Wildman–Crippen LogP) is 5.92. The number of ether oxygens (including phenoxy) is 2. The zero-order valence-corrected chi connectivity index (χ0v) is 23.8. The molecule has 0 spiro atoms. The van der Waals surface area contributed by atoms with Crippen molar-refractivity contribution in [2.24, 2.45) is 0 Å². The van der Waals surface area contributed by atoms with Gasteiger partial charge in [0, 0.05) is 24.5 Å². The number of carboxylic acids is 1. The van der Waals surface area contributed by atoms with Crippen molar-refractivity contribution >= 4 is 35.1 Å². The highest BCUT2D eigenvalue weighted by Gasteiger charge is 2.24. The number of carboxylic acid groups (broad SMARTS) is 1. The molecule has 1 fully saturated rings. The molecule has 1 saturated carbocycles. The summed E-state index contributed by atoms with van der Waals surface area (Å²) in [6, 6.07) is 20.2. The molecule has 43 heavy (non-hydrogen) atoms. The minimum absolute atomic E-state index is 0.0239. The number of nitrogens with zero attached hydrogens (tertiary/aromatic N) is 2. The van der Waals surface area contributed by atoms with Crippen LogP contribution in [0.1, 0.15) is 52.0 Å². The van der Waals surface area contributed by atoms with Crippen LogP contribution in [-0.4, -0.2) is 45.0 Å². The highest BCUT2D eigenvalue weighted by molar-refractivity contribution is 6.29. The number of anilines is 1. The Hall–Kier alpha value is -4.96. The molecular formula is C32H29ClN4O6. The lowest BCUT2D eigenvalue weighted by atomic mass is 9.92. The van der Waals surface area contributed by atoms with Crippen LogP contribution < -0.4 is 20.1 Å². The molecule has 0 atom stereocenters. The Balaban J connectivity index is 1.06. The number of para-hydroxylation sites is 1. The number of halogens is 1. The smallest absolute Gasteiger partial charge is 0.337 e. The summed E-state index contributed by atoms with van der Waals surface area (Å²) in [7, 11) is 0. The largest absolute Gasteiger partial charge is 0.490 e. The first-order valence-corrected chi connectivity index (χ1v) is 14.1. The van der Waals surface area contributed by atoms with E-state index in [1.165, 1.54) is 12.3 Å². The molecule has 0 saturated heterocycles. The second-order valence-electron chi connectivity index (χ2n) is 10.1. The van der Waals surface area contributed by atoms with E-state index in [-0.39, 0.29) is 41.6 Å². The normalized spacial score (nSPS) is 16.1. The molecule has 1 aliphatic carbocycles. The summed E-state index contributed by atoms with van der Waals surface area (Å²) in [4.78, 5) is 44.4. The van der Waals surface area contributed by atoms with Crippen LogP contribution in [0, 0.1) is 0 Å². The van der Waals surface area contributed by atoms with Gasteiger partial charge in [-0.25, -0.2) is 14.8 Å². The van der Waals surface area contributed by atoms with E-state index >= 15 is 0 Å². The number of nitrogens with one attached hydrogen (secondary N) is 2. The molecule has 5 rings (SSSR count). The quantitative estimate of drug-likeness (QED) is 0.191. The number of hydrogen-bond donors (Lipinski definition) is 3. The van der Waals surface area contributed by atoms with E-state index in [1.54, 1.807) is 60.8 Å². The maximum Gasteiger partial charge on any atom is 0.337 e. The molecule has 0 bridgehead atoms. The van der Waals surface area contributed by atoms with Crippen molar-refractivity contribution in [3.05, 3.63) is 107 Å². The van der Waals surface area contributed by atoms with Crippen molar-refractivity contribution in [1.29, 1.82) is 0 Å². The van der Waals surface area contributed by atoms with Crippen LogP contribution in [0.25, 0.3) is 0 Å². The molecule has 2 heterocycles. The van der Waals surface area contributed by atoms with Crippen LogP contribution in [-0.2, 0) is 11.2 Å². The molecule has 2 amide bonds. The number of aromatic nitrogens is 2. The molecule has 0 radical (unpaired) electrons. The molecule has 1 aliphatic rings. The molecule has 220 valence electrons. The van der Waals surface area contributed by atoms with Crippen LogP contribution in [0.4, 0.5) is 5.69 Å². The fourth-order valence-corrected chi connectivity index (χ4v) is 4.85. The number of benzene rings is 2. The lowest BCUT2D eigenvalue weighted by molar-refractivity contribution is -0.115. The summed E-state index contributed by atoms with van der Waals surface area (Å²) in [6.07, 6.45) is 6.38. The predicted molar refractivity (Wildman–Crippen MR) is 160 cm³/mol. The molecule has 10 nitrogen and oxygen atoms in total. The fraction of sp³-hybridized carbons (Fsp3) is 0.219. The van der Waals surface area contributed by atoms with Gasteiger partial charge in [-0.05, 0) is 79.8 Å². The van der Waals surface area contributed by atoms with Crippen molar-refractivity contribution in [1.82, 2.24) is 15.3 Å². The second-order valence-corrected chi connectivity index (χ2v) is 10.5. The number of carbonyl (C=O) groups is 3. The molecule has 2 aromatic carbocycles. The van der Waals surface area contributed by atoms with Gasteiger partial charge in [0.25, 0.3) is 5.91 Å². The van der Waals surface area contributed by atoms with Crippen molar-refractivity contribution in [2.75, 3.05) is 5.32 Å². The van der Waals surface area contributed by atoms with Crippen molar-refractivity contribution in [3.8, 4) is 17.4 Å². The molecule has 2 aromatic heterocycles. The summed E-state index contributed by atoms with van der Waals surface area (Å²) >= 11 is 5.79. The van der Waals surface area contributed by atoms with Gasteiger partial charge in [0.15, 0.2) is 0 Å². The van der Waals surface area contributed by atoms with Crippen molar-refractivity contribution < 1.29 is 29.0 Å². The molecule has 0 aliphatic heterocycles. The first-order valence-electron chi connectivity index (χ1n) is 13.8. The lowest BCUT2D eigenvalue weighted by Crippen LogP contribution is -2.39. The van der Waals surface area contributed by atoms with Crippen molar-refractivity contribution in [3.63, 3.8) is 0 Å². The third kappa shape index (κ3) is 8.30. The molecule has 4 aromatic rings. The number of pyridine rings is 2. The Labute approximate surface area is 253 Å². The Morgan fingerprint density at radius 2 is 1.60 bits per heavy atom. The average Bonchev–Trinajstić information content (AvgIpc) is 3.00. The van der Waals surface area contributed by atoms with E-state index < -0.39 is 5.97 Å². The Kier molecular flexibility index (Phi) is 9.48. The van der Waals surface area contributed by atoms with Crippen LogP contribution in [0.3, 0.4) is 0 Å². The van der Waals surface area contributed by atoms with E-state index in [0.717, 1.165) is 31.4 Å². The zero-order valence-electron chi connectivity index (χ0n) is 23.0. The monoisotopic (exact) mass is 600 g/mol. The lowest BCUT2D eigenvalue weighted by Gasteiger charge is -2.29. The topological polar surface area (TPSA) is 140 Å². The summed E-state index contributed by atoms with van der Waals surface area (Å²) in [5.74, 6) is 0.0530. The van der Waals surface area contributed by atoms with Gasteiger partial charge in [-0.15, -0.1) is 0 Å². The Bertz CT molecular complexity index is 1570. The van der Waals surface area contributed by atoms with Gasteiger partial charge in [0.05, 0.1) is 29.3 Å². The first kappa shape index (κ1) is 29.5. The highest BCUT2D eigenvalue weighted by atomic mass is 35.5. The average molecular weight is 601 g/mol.